The van der Waals surface area contributed by atoms with E-state index in [9.17, 15) is 23.1 Å². The quantitative estimate of drug-likeness (QED) is 0.460. The second-order valence-electron chi connectivity index (χ2n) is 7.31. The maximum Gasteiger partial charge on any atom is 0.326 e. The molecule has 0 aromatic heterocycles. The minimum absolute atomic E-state index is 0.00153. The third kappa shape index (κ3) is 5.20. The predicted molar refractivity (Wildman–Crippen MR) is 98.7 cm³/mol. The van der Waals surface area contributed by atoms with Gasteiger partial charge in [0.1, 0.15) is 0 Å². The van der Waals surface area contributed by atoms with Crippen LogP contribution in [0.3, 0.4) is 0 Å². The molecule has 2 fully saturated rings. The van der Waals surface area contributed by atoms with E-state index < -0.39 is 20.7 Å². The SMILES string of the molecule is CCOC(=O)CCCCC1CCN(S(=O)(=O)C2(C(=O)O)CCOCC2)CC1. The normalized spacial score (nSPS) is 21.7. The molecule has 2 aliphatic rings. The molecule has 2 saturated heterocycles. The van der Waals surface area contributed by atoms with Crippen molar-refractivity contribution in [2.75, 3.05) is 32.9 Å². The third-order valence-corrected chi connectivity index (χ3v) is 8.26. The highest BCUT2D eigenvalue weighted by Crippen LogP contribution is 2.35. The van der Waals surface area contributed by atoms with Crippen molar-refractivity contribution < 1.29 is 32.6 Å². The topological polar surface area (TPSA) is 110 Å². The summed E-state index contributed by atoms with van der Waals surface area (Å²) in [5, 5.41) is 9.63. The molecule has 1 N–H and O–H groups in total. The molecule has 0 saturated carbocycles. The zero-order valence-electron chi connectivity index (χ0n) is 16.0. The molecule has 0 unspecified atom stereocenters. The fourth-order valence-corrected chi connectivity index (χ4v) is 5.99. The minimum Gasteiger partial charge on any atom is -0.480 e. The van der Waals surface area contributed by atoms with Crippen LogP contribution in [0.2, 0.25) is 0 Å². The summed E-state index contributed by atoms with van der Waals surface area (Å²) in [5.41, 5.74) is 0. The van der Waals surface area contributed by atoms with Crippen LogP contribution in [0.4, 0.5) is 0 Å². The van der Waals surface area contributed by atoms with Crippen molar-refractivity contribution in [3.8, 4) is 0 Å². The van der Waals surface area contributed by atoms with Gasteiger partial charge in [-0.15, -0.1) is 0 Å². The molecule has 0 atom stereocenters. The molecule has 0 aromatic carbocycles. The monoisotopic (exact) mass is 405 g/mol. The molecule has 156 valence electrons. The first-order valence-corrected chi connectivity index (χ1v) is 11.2. The van der Waals surface area contributed by atoms with Crippen molar-refractivity contribution in [1.29, 1.82) is 0 Å². The number of hydrogen-bond donors (Lipinski definition) is 1. The maximum absolute atomic E-state index is 13.0. The van der Waals surface area contributed by atoms with E-state index in [1.807, 2.05) is 0 Å². The number of carboxylic acids is 1. The Morgan fingerprint density at radius 2 is 1.81 bits per heavy atom. The Labute approximate surface area is 161 Å². The van der Waals surface area contributed by atoms with Gasteiger partial charge in [-0.2, -0.15) is 0 Å². The second kappa shape index (κ2) is 9.84. The number of unbranched alkanes of at least 4 members (excludes halogenated alkanes) is 1. The fraction of sp³-hybridized carbons (Fsp3) is 0.889. The number of hydrogen-bond acceptors (Lipinski definition) is 6. The molecule has 2 aliphatic heterocycles. The molecule has 27 heavy (non-hydrogen) atoms. The zero-order chi connectivity index (χ0) is 19.9. The highest BCUT2D eigenvalue weighted by atomic mass is 32.2. The fourth-order valence-electron chi connectivity index (χ4n) is 3.90. The number of carbonyl (C=O) groups excluding carboxylic acids is 1. The molecule has 2 rings (SSSR count). The van der Waals surface area contributed by atoms with Crippen molar-refractivity contribution in [2.24, 2.45) is 5.92 Å². The Hall–Kier alpha value is -1.19. The average Bonchev–Trinajstić information content (AvgIpc) is 2.66. The summed E-state index contributed by atoms with van der Waals surface area (Å²) in [4.78, 5) is 23.1. The minimum atomic E-state index is -3.92. The number of carboxylic acid groups (broad SMARTS) is 1. The molecule has 0 bridgehead atoms. The van der Waals surface area contributed by atoms with Crippen LogP contribution in [0.15, 0.2) is 0 Å². The van der Waals surface area contributed by atoms with Gasteiger partial charge < -0.3 is 14.6 Å². The Balaban J connectivity index is 1.83. The summed E-state index contributed by atoms with van der Waals surface area (Å²) >= 11 is 0. The highest BCUT2D eigenvalue weighted by Gasteiger charge is 2.54. The van der Waals surface area contributed by atoms with E-state index in [-0.39, 0.29) is 32.0 Å². The van der Waals surface area contributed by atoms with Crippen LogP contribution in [0.25, 0.3) is 0 Å². The first-order valence-electron chi connectivity index (χ1n) is 9.80. The first kappa shape index (κ1) is 22.1. The third-order valence-electron chi connectivity index (χ3n) is 5.65. The standard InChI is InChI=1S/C18H31NO7S/c1-2-26-16(20)6-4-3-5-15-7-11-19(12-8-15)27(23,24)18(17(21)22)9-13-25-14-10-18/h15H,2-14H2,1H3,(H,21,22). The van der Waals surface area contributed by atoms with Gasteiger partial charge in [-0.3, -0.25) is 9.59 Å². The lowest BCUT2D eigenvalue weighted by Crippen LogP contribution is -2.57. The van der Waals surface area contributed by atoms with Crippen molar-refractivity contribution in [3.05, 3.63) is 0 Å². The lowest BCUT2D eigenvalue weighted by atomic mass is 9.92. The number of carbonyl (C=O) groups is 2. The number of ether oxygens (including phenoxy) is 2. The van der Waals surface area contributed by atoms with E-state index in [1.54, 1.807) is 6.92 Å². The smallest absolute Gasteiger partial charge is 0.326 e. The predicted octanol–water partition coefficient (Wildman–Crippen LogP) is 1.79. The second-order valence-corrected chi connectivity index (χ2v) is 9.56. The van der Waals surface area contributed by atoms with E-state index in [1.165, 1.54) is 4.31 Å². The summed E-state index contributed by atoms with van der Waals surface area (Å²) in [5.74, 6) is -1.03. The summed E-state index contributed by atoms with van der Waals surface area (Å²) in [6, 6.07) is 0. The molecule has 9 heteroatoms. The van der Waals surface area contributed by atoms with Gasteiger partial charge in [0.05, 0.1) is 6.61 Å². The van der Waals surface area contributed by atoms with Gasteiger partial charge in [-0.1, -0.05) is 12.8 Å². The lowest BCUT2D eigenvalue weighted by Gasteiger charge is -2.39. The van der Waals surface area contributed by atoms with E-state index in [2.05, 4.69) is 0 Å². The Bertz CT molecular complexity index is 605. The number of esters is 1. The Morgan fingerprint density at radius 1 is 1.19 bits per heavy atom. The van der Waals surface area contributed by atoms with Crippen molar-refractivity contribution in [2.45, 2.75) is 63.0 Å². The van der Waals surface area contributed by atoms with E-state index in [0.29, 0.717) is 32.0 Å². The molecule has 0 aliphatic carbocycles. The van der Waals surface area contributed by atoms with E-state index in [0.717, 1.165) is 32.1 Å². The van der Waals surface area contributed by atoms with Gasteiger partial charge in [0, 0.05) is 45.6 Å². The molecule has 0 radical (unpaired) electrons. The molecular weight excluding hydrogens is 374 g/mol. The van der Waals surface area contributed by atoms with Crippen LogP contribution in [-0.4, -0.2) is 67.4 Å². The van der Waals surface area contributed by atoms with E-state index in [4.69, 9.17) is 9.47 Å². The summed E-state index contributed by atoms with van der Waals surface area (Å²) in [6.45, 7) is 3.22. The van der Waals surface area contributed by atoms with Gasteiger partial charge >= 0.3 is 11.9 Å². The van der Waals surface area contributed by atoms with Gasteiger partial charge in [0.2, 0.25) is 10.0 Å². The molecule has 2 heterocycles. The zero-order valence-corrected chi connectivity index (χ0v) is 16.8. The van der Waals surface area contributed by atoms with Crippen molar-refractivity contribution in [1.82, 2.24) is 4.31 Å². The van der Waals surface area contributed by atoms with Crippen LogP contribution < -0.4 is 0 Å². The first-order chi connectivity index (χ1) is 12.8. The molecular formula is C18H31NO7S. The molecule has 0 spiro atoms. The summed E-state index contributed by atoms with van der Waals surface area (Å²) in [7, 11) is -3.92. The van der Waals surface area contributed by atoms with Crippen LogP contribution in [0.1, 0.15) is 58.3 Å². The Morgan fingerprint density at radius 3 is 2.37 bits per heavy atom. The van der Waals surface area contributed by atoms with Crippen molar-refractivity contribution >= 4 is 22.0 Å². The highest BCUT2D eigenvalue weighted by molar-refractivity contribution is 7.91. The number of rotatable bonds is 9. The van der Waals surface area contributed by atoms with Gasteiger partial charge in [-0.05, 0) is 32.1 Å². The largest absolute Gasteiger partial charge is 0.480 e. The van der Waals surface area contributed by atoms with Crippen LogP contribution >= 0.6 is 0 Å². The molecule has 0 amide bonds. The van der Waals surface area contributed by atoms with Crippen LogP contribution in [-0.2, 0) is 29.1 Å². The van der Waals surface area contributed by atoms with Crippen molar-refractivity contribution in [3.63, 3.8) is 0 Å². The average molecular weight is 406 g/mol. The van der Waals surface area contributed by atoms with Crippen LogP contribution in [0, 0.1) is 5.92 Å². The van der Waals surface area contributed by atoms with Gasteiger partial charge in [0.15, 0.2) is 4.75 Å². The van der Waals surface area contributed by atoms with Crippen LogP contribution in [0.5, 0.6) is 0 Å². The molecule has 0 aromatic rings. The maximum atomic E-state index is 13.0. The lowest BCUT2D eigenvalue weighted by molar-refractivity contribution is -0.144. The Kier molecular flexibility index (Phi) is 8.05. The van der Waals surface area contributed by atoms with E-state index >= 15 is 0 Å². The number of piperidine rings is 1. The number of aliphatic carboxylic acids is 1. The van der Waals surface area contributed by atoms with Gasteiger partial charge in [0.25, 0.3) is 0 Å². The summed E-state index contributed by atoms with van der Waals surface area (Å²) < 4.78 is 35.8. The van der Waals surface area contributed by atoms with Gasteiger partial charge in [-0.25, -0.2) is 12.7 Å². The number of sulfonamides is 1. The summed E-state index contributed by atoms with van der Waals surface area (Å²) in [6.07, 6.45) is 4.51. The number of nitrogens with zero attached hydrogens (tertiary/aromatic N) is 1. The molecule has 8 nitrogen and oxygen atoms in total.